The topological polar surface area (TPSA) is 105 Å². The van der Waals surface area contributed by atoms with Gasteiger partial charge >= 0.3 is 27.0 Å². The van der Waals surface area contributed by atoms with Gasteiger partial charge in [0.2, 0.25) is 0 Å². The molecule has 128 valence electrons. The van der Waals surface area contributed by atoms with E-state index in [1.165, 1.54) is 0 Å². The van der Waals surface area contributed by atoms with Crippen molar-refractivity contribution in [3.63, 3.8) is 0 Å². The van der Waals surface area contributed by atoms with E-state index in [1.807, 2.05) is 29.4 Å². The molecule has 2 N–H and O–H groups in total. The molecular weight excluding hydrogens is 419 g/mol. The Morgan fingerprint density at radius 2 is 1.17 bits per heavy atom. The quantitative estimate of drug-likeness (QED) is 0.426. The molecule has 6 nitrogen and oxygen atoms in total. The van der Waals surface area contributed by atoms with Crippen molar-refractivity contribution in [2.24, 2.45) is 9.98 Å². The van der Waals surface area contributed by atoms with Gasteiger partial charge in [0.25, 0.3) is 0 Å². The first-order chi connectivity index (χ1) is 11.8. The molecule has 0 spiro atoms. The molecule has 0 saturated heterocycles. The Balaban J connectivity index is 0.00000123. The number of aromatic hydroxyl groups is 2. The van der Waals surface area contributed by atoms with Gasteiger partial charge in [-0.05, 0) is 24.3 Å². The van der Waals surface area contributed by atoms with Crippen LogP contribution >= 0.6 is 9.69 Å². The number of nitroso groups, excluding NO2 is 1. The summed E-state index contributed by atoms with van der Waals surface area (Å²) in [5.41, 5.74) is 7.13. The number of phenols is 2. The second-order valence-corrected chi connectivity index (χ2v) is 4.19. The summed E-state index contributed by atoms with van der Waals surface area (Å²) in [5, 5.41) is 19.1. The molecule has 0 saturated carbocycles. The minimum absolute atomic E-state index is 0.217. The molecule has 0 aliphatic carbocycles. The third kappa shape index (κ3) is 8.51. The summed E-state index contributed by atoms with van der Waals surface area (Å²) < 4.78 is 0. The van der Waals surface area contributed by atoms with Crippen LogP contribution in [0.3, 0.4) is 0 Å². The molecule has 2 rings (SSSR count). The van der Waals surface area contributed by atoms with E-state index in [2.05, 4.69) is 19.7 Å². The summed E-state index contributed by atoms with van der Waals surface area (Å²) in [6.07, 6.45) is 3.26. The van der Waals surface area contributed by atoms with E-state index in [4.69, 9.17) is 10.5 Å². The zero-order chi connectivity index (χ0) is 18.2. The van der Waals surface area contributed by atoms with Crippen LogP contribution in [0.5, 0.6) is 11.5 Å². The first-order valence-corrected chi connectivity index (χ1v) is 8.88. The smallest absolute Gasteiger partial charge is 0.423 e. The maximum absolute atomic E-state index is 9.54. The first-order valence-electron chi connectivity index (χ1n) is 6.64. The van der Waals surface area contributed by atoms with Gasteiger partial charge in [-0.15, -0.1) is 0 Å². The van der Waals surface area contributed by atoms with Crippen LogP contribution in [0.25, 0.3) is 5.59 Å². The van der Waals surface area contributed by atoms with Gasteiger partial charge in [-0.1, -0.05) is 24.3 Å². The van der Waals surface area contributed by atoms with Crippen molar-refractivity contribution in [1.29, 1.82) is 0 Å². The molecule has 24 heavy (non-hydrogen) atoms. The number of phenolic OH excluding ortho intramolecular Hbond substituents is 2. The summed E-state index contributed by atoms with van der Waals surface area (Å²) in [6, 6.07) is 14.1. The minimum atomic E-state index is 0.217. The zero-order valence-electron chi connectivity index (χ0n) is 12.6. The van der Waals surface area contributed by atoms with Crippen LogP contribution in [0.15, 0.2) is 58.5 Å². The fraction of sp³-hybridized carbons (Fsp3) is 0.125. The third-order valence-corrected chi connectivity index (χ3v) is 2.69. The molecule has 0 aliphatic heterocycles. The van der Waals surface area contributed by atoms with Gasteiger partial charge in [0, 0.05) is 23.6 Å². The van der Waals surface area contributed by atoms with Crippen molar-refractivity contribution in [3.05, 3.63) is 70.2 Å². The monoisotopic (exact) mass is 435 g/mol. The average molecular weight is 435 g/mol. The summed E-state index contributed by atoms with van der Waals surface area (Å²) in [5.74, 6) is 0.433. The predicted molar refractivity (Wildman–Crippen MR) is 93.7 cm³/mol. The van der Waals surface area contributed by atoms with E-state index < -0.39 is 0 Å². The van der Waals surface area contributed by atoms with E-state index >= 15 is 0 Å². The molecule has 0 bridgehead atoms. The van der Waals surface area contributed by atoms with E-state index in [-0.39, 0.29) is 11.5 Å². The molecule has 0 radical (unpaired) electrons. The summed E-state index contributed by atoms with van der Waals surface area (Å²) >= 11 is 1.82. The van der Waals surface area contributed by atoms with Gasteiger partial charge in [-0.25, -0.2) is 0 Å². The number of aliphatic imine (C=N–C) groups is 2. The minimum Gasteiger partial charge on any atom is -0.577 e. The first kappa shape index (κ1) is 21.9. The molecule has 0 fully saturated rings. The molecule has 0 aromatic heterocycles. The molecular formula is C16H16ClN3O3Ru. The Kier molecular flexibility index (Phi) is 13.2. The predicted octanol–water partition coefficient (Wildman–Crippen LogP) is 3.65. The van der Waals surface area contributed by atoms with E-state index in [0.717, 1.165) is 0 Å². The van der Waals surface area contributed by atoms with Crippen molar-refractivity contribution >= 4 is 22.1 Å². The fourth-order valence-corrected chi connectivity index (χ4v) is 1.63. The molecule has 0 aliphatic rings. The molecule has 2 aromatic carbocycles. The van der Waals surface area contributed by atoms with Crippen LogP contribution in [-0.2, 0) is 17.3 Å². The Hall–Kier alpha value is -2.11. The van der Waals surface area contributed by atoms with Crippen LogP contribution in [0.4, 0.5) is 0 Å². The normalized spacial score (nSPS) is 9.92. The van der Waals surface area contributed by atoms with Crippen LogP contribution in [0, 0.1) is 4.91 Å². The van der Waals surface area contributed by atoms with Crippen molar-refractivity contribution in [1.82, 2.24) is 0 Å². The molecule has 0 atom stereocenters. The van der Waals surface area contributed by atoms with Crippen LogP contribution in [0.2, 0.25) is 0 Å². The molecule has 8 heteroatoms. The maximum atomic E-state index is 9.54. The van der Waals surface area contributed by atoms with Gasteiger partial charge in [-0.3, -0.25) is 9.98 Å². The molecule has 2 aromatic rings. The molecule has 0 heterocycles. The van der Waals surface area contributed by atoms with Crippen LogP contribution < -0.4 is 0 Å². The Labute approximate surface area is 154 Å². The van der Waals surface area contributed by atoms with Crippen molar-refractivity contribution in [3.8, 4) is 11.5 Å². The second-order valence-electron chi connectivity index (χ2n) is 4.19. The zero-order valence-corrected chi connectivity index (χ0v) is 15.1. The van der Waals surface area contributed by atoms with Crippen LogP contribution in [-0.4, -0.2) is 35.7 Å². The molecule has 0 amide bonds. The second kappa shape index (κ2) is 14.5. The Morgan fingerprint density at radius 3 is 1.50 bits per heavy atom. The van der Waals surface area contributed by atoms with Crippen molar-refractivity contribution < 1.29 is 27.5 Å². The van der Waals surface area contributed by atoms with E-state index in [9.17, 15) is 10.2 Å². The van der Waals surface area contributed by atoms with Crippen molar-refractivity contribution in [2.45, 2.75) is 0 Å². The Morgan fingerprint density at radius 1 is 0.833 bits per heavy atom. The number of halogens is 1. The number of rotatable bonds is 5. The number of hydrogen-bond donors (Lipinski definition) is 2. The van der Waals surface area contributed by atoms with Crippen molar-refractivity contribution in [2.75, 3.05) is 13.1 Å². The molecule has 0 unspecified atom stereocenters. The van der Waals surface area contributed by atoms with E-state index in [1.54, 1.807) is 48.8 Å². The third-order valence-electron chi connectivity index (χ3n) is 2.69. The van der Waals surface area contributed by atoms with E-state index in [0.29, 0.717) is 24.2 Å². The van der Waals surface area contributed by atoms with Gasteiger partial charge in [0.1, 0.15) is 11.5 Å². The van der Waals surface area contributed by atoms with Gasteiger partial charge in [0.15, 0.2) is 0 Å². The summed E-state index contributed by atoms with van der Waals surface area (Å²) in [6.45, 7) is 1.05. The fourth-order valence-electron chi connectivity index (χ4n) is 1.63. The van der Waals surface area contributed by atoms with Crippen LogP contribution in [0.1, 0.15) is 11.1 Å². The summed E-state index contributed by atoms with van der Waals surface area (Å²) in [4.78, 5) is 15.6. The number of para-hydroxylation sites is 2. The SMILES string of the molecule is Oc1ccccc1C=NCCN=Cc1ccccc1O.[Cl][Ru+].[N-]=O. The largest absolute Gasteiger partial charge is 0.577 e. The van der Waals surface area contributed by atoms with Gasteiger partial charge in [0.05, 0.1) is 13.1 Å². The Bertz CT molecular complexity index is 598. The number of nitrogens with zero attached hydrogens (tertiary/aromatic N) is 3. The standard InChI is InChI=1S/C16H16N2O2.ClH.NO.Ru/c19-15-7-3-1-5-13(15)11-17-9-10-18-12-14-6-2-4-8-16(14)20;;1-2;/h1-8,11-12,19-20H,9-10H2;1H;;/q;;-1;+2/p-1. The van der Waals surface area contributed by atoms with Gasteiger partial charge < -0.3 is 20.7 Å². The summed E-state index contributed by atoms with van der Waals surface area (Å²) in [7, 11) is 4.57. The van der Waals surface area contributed by atoms with Gasteiger partial charge in [-0.2, -0.15) is 0 Å². The number of benzene rings is 2. The maximum Gasteiger partial charge on any atom is -0.423 e. The average Bonchev–Trinajstić information content (AvgIpc) is 2.64. The number of hydrogen-bond acceptors (Lipinski definition) is 5.